The molecule has 0 aromatic heterocycles. The quantitative estimate of drug-likeness (QED) is 0.820. The molecule has 2 heteroatoms. The summed E-state index contributed by atoms with van der Waals surface area (Å²) < 4.78 is 0. The van der Waals surface area contributed by atoms with Crippen LogP contribution in [-0.4, -0.2) is 26.2 Å². The lowest BCUT2D eigenvalue weighted by atomic mass is 10.00. The summed E-state index contributed by atoms with van der Waals surface area (Å²) in [6.45, 7) is 11.2. The molecule has 0 spiro atoms. The van der Waals surface area contributed by atoms with E-state index in [2.05, 4.69) is 49.2 Å². The number of nitrogens with one attached hydrogen (secondary N) is 1. The Bertz CT molecular complexity index is 352. The van der Waals surface area contributed by atoms with E-state index in [0.717, 1.165) is 26.2 Å². The summed E-state index contributed by atoms with van der Waals surface area (Å²) in [6.07, 6.45) is 0. The van der Waals surface area contributed by atoms with E-state index in [9.17, 15) is 0 Å². The van der Waals surface area contributed by atoms with Gasteiger partial charge in [-0.25, -0.2) is 0 Å². The molecule has 1 heterocycles. The van der Waals surface area contributed by atoms with Crippen LogP contribution in [0.3, 0.4) is 0 Å². The van der Waals surface area contributed by atoms with Crippen molar-refractivity contribution in [3.63, 3.8) is 0 Å². The zero-order valence-corrected chi connectivity index (χ0v) is 10.6. The van der Waals surface area contributed by atoms with Crippen molar-refractivity contribution in [3.8, 4) is 0 Å². The van der Waals surface area contributed by atoms with Crippen molar-refractivity contribution in [2.75, 3.05) is 31.1 Å². The Kier molecular flexibility index (Phi) is 3.49. The van der Waals surface area contributed by atoms with Crippen molar-refractivity contribution in [1.82, 2.24) is 5.32 Å². The summed E-state index contributed by atoms with van der Waals surface area (Å²) in [5.74, 6) is 0.613. The van der Waals surface area contributed by atoms with Gasteiger partial charge in [-0.1, -0.05) is 26.0 Å². The van der Waals surface area contributed by atoms with Crippen molar-refractivity contribution in [2.24, 2.45) is 0 Å². The van der Waals surface area contributed by atoms with Gasteiger partial charge in [-0.2, -0.15) is 0 Å². The molecule has 1 aromatic carbocycles. The van der Waals surface area contributed by atoms with Crippen molar-refractivity contribution in [1.29, 1.82) is 0 Å². The second-order valence-corrected chi connectivity index (χ2v) is 4.94. The monoisotopic (exact) mass is 218 g/mol. The minimum Gasteiger partial charge on any atom is -0.369 e. The predicted octanol–water partition coefficient (Wildman–Crippen LogP) is 2.53. The van der Waals surface area contributed by atoms with Gasteiger partial charge >= 0.3 is 0 Å². The minimum atomic E-state index is 0.613. The Morgan fingerprint density at radius 3 is 2.50 bits per heavy atom. The molecule has 1 aliphatic rings. The molecule has 88 valence electrons. The number of hydrogen-bond acceptors (Lipinski definition) is 2. The van der Waals surface area contributed by atoms with Gasteiger partial charge in [0, 0.05) is 31.9 Å². The van der Waals surface area contributed by atoms with Gasteiger partial charge < -0.3 is 10.2 Å². The maximum absolute atomic E-state index is 3.40. The summed E-state index contributed by atoms with van der Waals surface area (Å²) >= 11 is 0. The van der Waals surface area contributed by atoms with Crippen LogP contribution in [0.2, 0.25) is 0 Å². The van der Waals surface area contributed by atoms with Crippen molar-refractivity contribution in [2.45, 2.75) is 26.7 Å². The molecule has 0 radical (unpaired) electrons. The number of hydrogen-bond donors (Lipinski definition) is 1. The lowest BCUT2D eigenvalue weighted by Crippen LogP contribution is -2.43. The molecular weight excluding hydrogens is 196 g/mol. The molecule has 1 aromatic rings. The predicted molar refractivity (Wildman–Crippen MR) is 70.4 cm³/mol. The van der Waals surface area contributed by atoms with Gasteiger partial charge in [-0.15, -0.1) is 0 Å². The fraction of sp³-hybridized carbons (Fsp3) is 0.571. The number of anilines is 1. The van der Waals surface area contributed by atoms with Crippen molar-refractivity contribution in [3.05, 3.63) is 29.3 Å². The van der Waals surface area contributed by atoms with E-state index in [1.54, 1.807) is 0 Å². The van der Waals surface area contributed by atoms with Crippen LogP contribution in [0.1, 0.15) is 30.9 Å². The van der Waals surface area contributed by atoms with Crippen LogP contribution in [0, 0.1) is 6.92 Å². The number of nitrogens with zero attached hydrogens (tertiary/aromatic N) is 1. The fourth-order valence-electron chi connectivity index (χ4n) is 2.23. The molecule has 2 nitrogen and oxygen atoms in total. The Balaban J connectivity index is 2.27. The van der Waals surface area contributed by atoms with E-state index < -0.39 is 0 Å². The lowest BCUT2D eigenvalue weighted by molar-refractivity contribution is 0.588. The van der Waals surface area contributed by atoms with E-state index in [1.165, 1.54) is 16.8 Å². The smallest absolute Gasteiger partial charge is 0.0399 e. The molecule has 1 saturated heterocycles. The third-order valence-electron chi connectivity index (χ3n) is 3.36. The minimum absolute atomic E-state index is 0.613. The maximum atomic E-state index is 3.40. The summed E-state index contributed by atoms with van der Waals surface area (Å²) in [5.41, 5.74) is 4.26. The summed E-state index contributed by atoms with van der Waals surface area (Å²) in [6, 6.07) is 6.88. The molecular formula is C14H22N2. The van der Waals surface area contributed by atoms with Gasteiger partial charge in [-0.3, -0.25) is 0 Å². The SMILES string of the molecule is Cc1ccc(C(C)C)cc1N1CCNCC1. The molecule has 2 rings (SSSR count). The molecule has 1 N–H and O–H groups in total. The normalized spacial score (nSPS) is 16.9. The molecule has 0 aliphatic carbocycles. The summed E-state index contributed by atoms with van der Waals surface area (Å²) in [4.78, 5) is 2.50. The average molecular weight is 218 g/mol. The van der Waals surface area contributed by atoms with Gasteiger partial charge in [0.1, 0.15) is 0 Å². The van der Waals surface area contributed by atoms with Crippen LogP contribution in [0.5, 0.6) is 0 Å². The maximum Gasteiger partial charge on any atom is 0.0399 e. The zero-order valence-electron chi connectivity index (χ0n) is 10.6. The highest BCUT2D eigenvalue weighted by molar-refractivity contribution is 5.55. The second-order valence-electron chi connectivity index (χ2n) is 4.94. The van der Waals surface area contributed by atoms with Gasteiger partial charge in [-0.05, 0) is 30.0 Å². The fourth-order valence-corrected chi connectivity index (χ4v) is 2.23. The standard InChI is InChI=1S/C14H22N2/c1-11(2)13-5-4-12(3)14(10-13)16-8-6-15-7-9-16/h4-5,10-11,15H,6-9H2,1-3H3. The van der Waals surface area contributed by atoms with E-state index in [1.807, 2.05) is 0 Å². The third-order valence-corrected chi connectivity index (χ3v) is 3.36. The Hall–Kier alpha value is -1.02. The molecule has 0 amide bonds. The second kappa shape index (κ2) is 4.88. The lowest BCUT2D eigenvalue weighted by Gasteiger charge is -2.31. The first-order valence-corrected chi connectivity index (χ1v) is 6.24. The average Bonchev–Trinajstić information content (AvgIpc) is 2.30. The van der Waals surface area contributed by atoms with Crippen LogP contribution in [0.15, 0.2) is 18.2 Å². The molecule has 0 bridgehead atoms. The molecule has 0 atom stereocenters. The highest BCUT2D eigenvalue weighted by atomic mass is 15.2. The van der Waals surface area contributed by atoms with Gasteiger partial charge in [0.05, 0.1) is 0 Å². The van der Waals surface area contributed by atoms with Gasteiger partial charge in [0.2, 0.25) is 0 Å². The Morgan fingerprint density at radius 2 is 1.88 bits per heavy atom. The van der Waals surface area contributed by atoms with Crippen LogP contribution in [0.4, 0.5) is 5.69 Å². The number of rotatable bonds is 2. The molecule has 0 saturated carbocycles. The molecule has 1 aliphatic heterocycles. The largest absolute Gasteiger partial charge is 0.369 e. The highest BCUT2D eigenvalue weighted by Crippen LogP contribution is 2.25. The molecule has 1 fully saturated rings. The summed E-state index contributed by atoms with van der Waals surface area (Å²) in [7, 11) is 0. The summed E-state index contributed by atoms with van der Waals surface area (Å²) in [5, 5.41) is 3.40. The van der Waals surface area contributed by atoms with Crippen LogP contribution in [-0.2, 0) is 0 Å². The number of benzene rings is 1. The van der Waals surface area contributed by atoms with Gasteiger partial charge in [0.25, 0.3) is 0 Å². The number of aryl methyl sites for hydroxylation is 1. The third kappa shape index (κ3) is 2.38. The van der Waals surface area contributed by atoms with Crippen molar-refractivity contribution < 1.29 is 0 Å². The van der Waals surface area contributed by atoms with Crippen molar-refractivity contribution >= 4 is 5.69 Å². The first-order chi connectivity index (χ1) is 7.68. The van der Waals surface area contributed by atoms with Crippen LogP contribution in [0.25, 0.3) is 0 Å². The van der Waals surface area contributed by atoms with E-state index in [0.29, 0.717) is 5.92 Å². The van der Waals surface area contributed by atoms with E-state index >= 15 is 0 Å². The van der Waals surface area contributed by atoms with Crippen LogP contribution >= 0.6 is 0 Å². The topological polar surface area (TPSA) is 15.3 Å². The molecule has 16 heavy (non-hydrogen) atoms. The first kappa shape index (κ1) is 11.5. The van der Waals surface area contributed by atoms with E-state index in [4.69, 9.17) is 0 Å². The van der Waals surface area contributed by atoms with E-state index in [-0.39, 0.29) is 0 Å². The Morgan fingerprint density at radius 1 is 1.19 bits per heavy atom. The number of piperazine rings is 1. The Labute approximate surface area is 98.7 Å². The first-order valence-electron chi connectivity index (χ1n) is 6.24. The van der Waals surface area contributed by atoms with Gasteiger partial charge in [0.15, 0.2) is 0 Å². The molecule has 0 unspecified atom stereocenters. The van der Waals surface area contributed by atoms with Crippen LogP contribution < -0.4 is 10.2 Å². The highest BCUT2D eigenvalue weighted by Gasteiger charge is 2.13. The zero-order chi connectivity index (χ0) is 11.5.